The third-order valence-electron chi connectivity index (χ3n) is 2.72. The van der Waals surface area contributed by atoms with Gasteiger partial charge >= 0.3 is 0 Å². The van der Waals surface area contributed by atoms with E-state index in [1.165, 1.54) is 0 Å². The van der Waals surface area contributed by atoms with E-state index < -0.39 is 0 Å². The minimum atomic E-state index is 0.0419. The zero-order valence-corrected chi connectivity index (χ0v) is 10.6. The Morgan fingerprint density at radius 2 is 1.95 bits per heavy atom. The van der Waals surface area contributed by atoms with Gasteiger partial charge in [0.2, 0.25) is 0 Å². The molecule has 0 aromatic heterocycles. The van der Waals surface area contributed by atoms with E-state index in [0.717, 1.165) is 5.56 Å². The van der Waals surface area contributed by atoms with Crippen molar-refractivity contribution in [2.75, 3.05) is 0 Å². The fourth-order valence-corrected chi connectivity index (χ4v) is 1.67. The van der Waals surface area contributed by atoms with Crippen molar-refractivity contribution in [1.29, 1.82) is 5.26 Å². The molecule has 3 nitrogen and oxygen atoms in total. The molecule has 2 aromatic rings. The summed E-state index contributed by atoms with van der Waals surface area (Å²) in [6.45, 7) is 1.94. The van der Waals surface area contributed by atoms with E-state index in [0.29, 0.717) is 23.5 Å². The minimum Gasteiger partial charge on any atom is -0.489 e. The lowest BCUT2D eigenvalue weighted by Gasteiger charge is -2.07. The van der Waals surface area contributed by atoms with E-state index in [1.54, 1.807) is 37.3 Å². The zero-order valence-electron chi connectivity index (χ0n) is 10.6. The lowest BCUT2D eigenvalue weighted by molar-refractivity contribution is 0.101. The number of nitriles is 1. The van der Waals surface area contributed by atoms with Gasteiger partial charge in [-0.2, -0.15) is 5.26 Å². The molecule has 0 saturated carbocycles. The Morgan fingerprint density at radius 1 is 1.21 bits per heavy atom. The predicted molar refractivity (Wildman–Crippen MR) is 71.9 cm³/mol. The Kier molecular flexibility index (Phi) is 3.94. The highest BCUT2D eigenvalue weighted by Crippen LogP contribution is 2.14. The number of carbonyl (C=O) groups is 1. The molecule has 0 unspecified atom stereocenters. The first-order chi connectivity index (χ1) is 9.19. The van der Waals surface area contributed by atoms with Gasteiger partial charge < -0.3 is 4.74 Å². The first-order valence-electron chi connectivity index (χ1n) is 5.92. The fourth-order valence-electron chi connectivity index (χ4n) is 1.67. The standard InChI is InChI=1S/C16H13NO2/c1-12(18)15-4-2-3-14(9-15)11-19-16-7-5-13(10-17)6-8-16/h2-9H,11H2,1H3. The number of nitrogens with zero attached hydrogens (tertiary/aromatic N) is 1. The predicted octanol–water partition coefficient (Wildman–Crippen LogP) is 3.34. The van der Waals surface area contributed by atoms with Gasteiger partial charge in [-0.3, -0.25) is 4.79 Å². The van der Waals surface area contributed by atoms with E-state index in [1.807, 2.05) is 18.2 Å². The number of Topliss-reactive ketones (excluding diaryl/α,β-unsaturated/α-hetero) is 1. The fraction of sp³-hybridized carbons (Fsp3) is 0.125. The molecule has 0 heterocycles. The number of carbonyl (C=O) groups excluding carboxylic acids is 1. The van der Waals surface area contributed by atoms with Crippen LogP contribution >= 0.6 is 0 Å². The van der Waals surface area contributed by atoms with Gasteiger partial charge in [-0.25, -0.2) is 0 Å². The Balaban J connectivity index is 2.03. The van der Waals surface area contributed by atoms with Crippen molar-refractivity contribution in [3.05, 3.63) is 65.2 Å². The molecule has 0 radical (unpaired) electrons. The van der Waals surface area contributed by atoms with Gasteiger partial charge in [0.25, 0.3) is 0 Å². The maximum Gasteiger partial charge on any atom is 0.159 e. The number of hydrogen-bond donors (Lipinski definition) is 0. The van der Waals surface area contributed by atoms with Crippen molar-refractivity contribution >= 4 is 5.78 Å². The number of rotatable bonds is 4. The van der Waals surface area contributed by atoms with Gasteiger partial charge in [0.1, 0.15) is 12.4 Å². The summed E-state index contributed by atoms with van der Waals surface area (Å²) < 4.78 is 5.61. The van der Waals surface area contributed by atoms with E-state index in [2.05, 4.69) is 6.07 Å². The van der Waals surface area contributed by atoms with Crippen molar-refractivity contribution < 1.29 is 9.53 Å². The molecular weight excluding hydrogens is 238 g/mol. The van der Waals surface area contributed by atoms with Crippen molar-refractivity contribution in [2.45, 2.75) is 13.5 Å². The van der Waals surface area contributed by atoms with Crippen LogP contribution in [-0.2, 0) is 6.61 Å². The van der Waals surface area contributed by atoms with Crippen LogP contribution in [0, 0.1) is 11.3 Å². The lowest BCUT2D eigenvalue weighted by atomic mass is 10.1. The molecule has 0 N–H and O–H groups in total. The molecule has 0 saturated heterocycles. The summed E-state index contributed by atoms with van der Waals surface area (Å²) in [4.78, 5) is 11.3. The van der Waals surface area contributed by atoms with Crippen LogP contribution in [0.1, 0.15) is 28.4 Å². The molecule has 0 aliphatic carbocycles. The summed E-state index contributed by atoms with van der Waals surface area (Å²) in [6, 6.07) is 16.4. The molecule has 2 rings (SSSR count). The van der Waals surface area contributed by atoms with Gasteiger partial charge in [-0.05, 0) is 42.8 Å². The summed E-state index contributed by atoms with van der Waals surface area (Å²) in [6.07, 6.45) is 0. The maximum atomic E-state index is 11.3. The molecule has 0 amide bonds. The van der Waals surface area contributed by atoms with E-state index >= 15 is 0 Å². The molecule has 0 aliphatic heterocycles. The Morgan fingerprint density at radius 3 is 2.58 bits per heavy atom. The van der Waals surface area contributed by atoms with Crippen LogP contribution in [0.3, 0.4) is 0 Å². The average Bonchev–Trinajstić information content (AvgIpc) is 2.46. The molecule has 0 aliphatic rings. The zero-order chi connectivity index (χ0) is 13.7. The van der Waals surface area contributed by atoms with Crippen LogP contribution in [0.15, 0.2) is 48.5 Å². The van der Waals surface area contributed by atoms with Crippen molar-refractivity contribution in [3.8, 4) is 11.8 Å². The molecule has 19 heavy (non-hydrogen) atoms. The van der Waals surface area contributed by atoms with E-state index in [-0.39, 0.29) is 5.78 Å². The molecule has 0 fully saturated rings. The van der Waals surface area contributed by atoms with Crippen molar-refractivity contribution in [2.24, 2.45) is 0 Å². The van der Waals surface area contributed by atoms with Crippen LogP contribution in [-0.4, -0.2) is 5.78 Å². The molecular formula is C16H13NO2. The average molecular weight is 251 g/mol. The highest BCUT2D eigenvalue weighted by atomic mass is 16.5. The molecule has 0 bridgehead atoms. The normalized spacial score (nSPS) is 9.68. The summed E-state index contributed by atoms with van der Waals surface area (Å²) in [5.41, 5.74) is 2.23. The smallest absolute Gasteiger partial charge is 0.159 e. The summed E-state index contributed by atoms with van der Waals surface area (Å²) in [7, 11) is 0. The van der Waals surface area contributed by atoms with Crippen molar-refractivity contribution in [3.63, 3.8) is 0 Å². The largest absolute Gasteiger partial charge is 0.489 e. The first-order valence-corrected chi connectivity index (χ1v) is 5.92. The Bertz CT molecular complexity index is 624. The van der Waals surface area contributed by atoms with Crippen LogP contribution in [0.4, 0.5) is 0 Å². The maximum absolute atomic E-state index is 11.3. The second kappa shape index (κ2) is 5.83. The number of ketones is 1. The highest BCUT2D eigenvalue weighted by molar-refractivity contribution is 5.94. The summed E-state index contributed by atoms with van der Waals surface area (Å²) in [5, 5.41) is 8.70. The molecule has 0 spiro atoms. The monoisotopic (exact) mass is 251 g/mol. The second-order valence-corrected chi connectivity index (χ2v) is 4.18. The van der Waals surface area contributed by atoms with Gasteiger partial charge in [-0.1, -0.05) is 18.2 Å². The van der Waals surface area contributed by atoms with Gasteiger partial charge in [0.15, 0.2) is 5.78 Å². The molecule has 94 valence electrons. The minimum absolute atomic E-state index is 0.0419. The Hall–Kier alpha value is -2.60. The van der Waals surface area contributed by atoms with Crippen LogP contribution in [0.25, 0.3) is 0 Å². The summed E-state index contributed by atoms with van der Waals surface area (Å²) in [5.74, 6) is 0.743. The second-order valence-electron chi connectivity index (χ2n) is 4.18. The van der Waals surface area contributed by atoms with Crippen LogP contribution in [0.2, 0.25) is 0 Å². The van der Waals surface area contributed by atoms with Gasteiger partial charge in [0, 0.05) is 5.56 Å². The van der Waals surface area contributed by atoms with Gasteiger partial charge in [0.05, 0.1) is 11.6 Å². The third kappa shape index (κ3) is 3.43. The van der Waals surface area contributed by atoms with Crippen molar-refractivity contribution in [1.82, 2.24) is 0 Å². The van der Waals surface area contributed by atoms with E-state index in [4.69, 9.17) is 10.00 Å². The SMILES string of the molecule is CC(=O)c1cccc(COc2ccc(C#N)cc2)c1. The number of benzene rings is 2. The number of hydrogen-bond acceptors (Lipinski definition) is 3. The molecule has 3 heteroatoms. The number of ether oxygens (including phenoxy) is 1. The Labute approximate surface area is 112 Å². The lowest BCUT2D eigenvalue weighted by Crippen LogP contribution is -1.98. The summed E-state index contributed by atoms with van der Waals surface area (Å²) >= 11 is 0. The third-order valence-corrected chi connectivity index (χ3v) is 2.72. The topological polar surface area (TPSA) is 50.1 Å². The van der Waals surface area contributed by atoms with Crippen LogP contribution in [0.5, 0.6) is 5.75 Å². The molecule has 2 aromatic carbocycles. The quantitative estimate of drug-likeness (QED) is 0.783. The van der Waals surface area contributed by atoms with E-state index in [9.17, 15) is 4.79 Å². The van der Waals surface area contributed by atoms with Gasteiger partial charge in [-0.15, -0.1) is 0 Å². The molecule has 0 atom stereocenters. The highest BCUT2D eigenvalue weighted by Gasteiger charge is 2.01. The first kappa shape index (κ1) is 12.8. The van der Waals surface area contributed by atoms with Crippen LogP contribution < -0.4 is 4.74 Å².